The van der Waals surface area contributed by atoms with Crippen LogP contribution in [0.3, 0.4) is 0 Å². The molecule has 1 heterocycles. The summed E-state index contributed by atoms with van der Waals surface area (Å²) in [6.07, 6.45) is 5.81. The average molecular weight is 217 g/mol. The van der Waals surface area contributed by atoms with Gasteiger partial charge in [0, 0.05) is 18.0 Å². The predicted molar refractivity (Wildman–Crippen MR) is 56.9 cm³/mol. The van der Waals surface area contributed by atoms with Gasteiger partial charge in [-0.1, -0.05) is 11.6 Å². The Kier molecular flexibility index (Phi) is 3.70. The van der Waals surface area contributed by atoms with Crippen LogP contribution in [0.2, 0.25) is 0 Å². The molecule has 0 atom stereocenters. The molecular formula is C9H10Cl2N2. The van der Waals surface area contributed by atoms with Crippen LogP contribution < -0.4 is 0 Å². The number of halogens is 2. The van der Waals surface area contributed by atoms with Crippen LogP contribution in [0.5, 0.6) is 0 Å². The van der Waals surface area contributed by atoms with Gasteiger partial charge in [0.15, 0.2) is 0 Å². The number of hydrogen-bond acceptors (Lipinski definition) is 2. The largest absolute Gasteiger partial charge is 0.269 e. The summed E-state index contributed by atoms with van der Waals surface area (Å²) in [4.78, 5) is 8.22. The van der Waals surface area contributed by atoms with Crippen molar-refractivity contribution in [3.8, 4) is 0 Å². The molecule has 1 fully saturated rings. The standard InChI is InChI=1S/C9H9ClN2.ClH/c10-9(12-8-1-2-8)7-3-5-11-6-4-7;/h3-6,8H,1-2H2;1H/b12-9-;. The monoisotopic (exact) mass is 216 g/mol. The Hall–Kier alpha value is -0.600. The molecule has 1 aromatic heterocycles. The second kappa shape index (κ2) is 4.58. The Morgan fingerprint density at radius 3 is 2.54 bits per heavy atom. The first-order chi connectivity index (χ1) is 5.86. The molecule has 0 spiro atoms. The molecule has 13 heavy (non-hydrogen) atoms. The maximum absolute atomic E-state index is 5.96. The predicted octanol–water partition coefficient (Wildman–Crippen LogP) is 2.65. The van der Waals surface area contributed by atoms with E-state index in [9.17, 15) is 0 Å². The van der Waals surface area contributed by atoms with Crippen LogP contribution in [-0.2, 0) is 0 Å². The van der Waals surface area contributed by atoms with Gasteiger partial charge < -0.3 is 0 Å². The summed E-state index contributed by atoms with van der Waals surface area (Å²) in [6.45, 7) is 0. The summed E-state index contributed by atoms with van der Waals surface area (Å²) >= 11 is 5.96. The van der Waals surface area contributed by atoms with Crippen LogP contribution >= 0.6 is 24.0 Å². The van der Waals surface area contributed by atoms with Crippen molar-refractivity contribution >= 4 is 29.2 Å². The number of pyridine rings is 1. The minimum absolute atomic E-state index is 0. The second-order valence-corrected chi connectivity index (χ2v) is 3.24. The zero-order valence-corrected chi connectivity index (χ0v) is 8.55. The van der Waals surface area contributed by atoms with Crippen LogP contribution in [0.4, 0.5) is 0 Å². The average Bonchev–Trinajstić information content (AvgIpc) is 2.90. The van der Waals surface area contributed by atoms with Crippen molar-refractivity contribution in [2.75, 3.05) is 0 Å². The maximum atomic E-state index is 5.96. The van der Waals surface area contributed by atoms with Crippen molar-refractivity contribution in [3.63, 3.8) is 0 Å². The summed E-state index contributed by atoms with van der Waals surface area (Å²) in [5.41, 5.74) is 0.957. The first kappa shape index (κ1) is 10.5. The van der Waals surface area contributed by atoms with Crippen molar-refractivity contribution in [3.05, 3.63) is 30.1 Å². The highest BCUT2D eigenvalue weighted by molar-refractivity contribution is 6.69. The molecule has 0 saturated heterocycles. The van der Waals surface area contributed by atoms with Gasteiger partial charge in [-0.2, -0.15) is 0 Å². The summed E-state index contributed by atoms with van der Waals surface area (Å²) in [7, 11) is 0. The minimum atomic E-state index is 0. The molecule has 4 heteroatoms. The highest BCUT2D eigenvalue weighted by Gasteiger charge is 2.20. The molecule has 0 amide bonds. The van der Waals surface area contributed by atoms with E-state index >= 15 is 0 Å². The van der Waals surface area contributed by atoms with E-state index in [1.807, 2.05) is 12.1 Å². The molecule has 0 radical (unpaired) electrons. The molecule has 0 unspecified atom stereocenters. The minimum Gasteiger partial charge on any atom is -0.269 e. The molecule has 0 aromatic carbocycles. The van der Waals surface area contributed by atoms with Crippen LogP contribution in [0.15, 0.2) is 29.5 Å². The van der Waals surface area contributed by atoms with Gasteiger partial charge in [0.25, 0.3) is 0 Å². The van der Waals surface area contributed by atoms with E-state index in [1.165, 1.54) is 12.8 Å². The van der Waals surface area contributed by atoms with E-state index in [0.717, 1.165) is 5.56 Å². The van der Waals surface area contributed by atoms with Crippen molar-refractivity contribution in [1.29, 1.82) is 0 Å². The lowest BCUT2D eigenvalue weighted by Gasteiger charge is -1.95. The van der Waals surface area contributed by atoms with Crippen molar-refractivity contribution in [2.45, 2.75) is 18.9 Å². The van der Waals surface area contributed by atoms with Crippen molar-refractivity contribution in [1.82, 2.24) is 4.98 Å². The normalized spacial score (nSPS) is 16.5. The van der Waals surface area contributed by atoms with Crippen LogP contribution in [0.25, 0.3) is 0 Å². The van der Waals surface area contributed by atoms with E-state index < -0.39 is 0 Å². The topological polar surface area (TPSA) is 25.2 Å². The molecule has 1 aliphatic carbocycles. The quantitative estimate of drug-likeness (QED) is 0.699. The Bertz CT molecular complexity index is 294. The maximum Gasteiger partial charge on any atom is 0.131 e. The van der Waals surface area contributed by atoms with Crippen LogP contribution in [0, 0.1) is 0 Å². The van der Waals surface area contributed by atoms with Gasteiger partial charge in [-0.15, -0.1) is 12.4 Å². The number of nitrogens with zero attached hydrogens (tertiary/aromatic N) is 2. The lowest BCUT2D eigenvalue weighted by Crippen LogP contribution is -1.92. The van der Waals surface area contributed by atoms with Gasteiger partial charge in [-0.3, -0.25) is 9.98 Å². The summed E-state index contributed by atoms with van der Waals surface area (Å²) in [5, 5.41) is 0.611. The smallest absolute Gasteiger partial charge is 0.131 e. The van der Waals surface area contributed by atoms with Gasteiger partial charge in [0.1, 0.15) is 5.17 Å². The molecule has 70 valence electrons. The lowest BCUT2D eigenvalue weighted by atomic mass is 10.3. The fourth-order valence-corrected chi connectivity index (χ4v) is 1.19. The molecule has 1 aliphatic rings. The lowest BCUT2D eigenvalue weighted by molar-refractivity contribution is 1.07. The van der Waals surface area contributed by atoms with Crippen LogP contribution in [-0.4, -0.2) is 16.2 Å². The SMILES string of the molecule is Cl.Cl/C(=N\C1CC1)c1ccncc1. The first-order valence-electron chi connectivity index (χ1n) is 4.00. The van der Waals surface area contributed by atoms with Gasteiger partial charge in [-0.05, 0) is 25.0 Å². The van der Waals surface area contributed by atoms with E-state index in [0.29, 0.717) is 11.2 Å². The van der Waals surface area contributed by atoms with E-state index in [-0.39, 0.29) is 12.4 Å². The number of aliphatic imine (C=N–C) groups is 1. The van der Waals surface area contributed by atoms with Crippen molar-refractivity contribution in [2.24, 2.45) is 4.99 Å². The third kappa shape index (κ3) is 2.98. The van der Waals surface area contributed by atoms with Gasteiger partial charge in [0.2, 0.25) is 0 Å². The zero-order chi connectivity index (χ0) is 8.39. The van der Waals surface area contributed by atoms with E-state index in [1.54, 1.807) is 12.4 Å². The summed E-state index contributed by atoms with van der Waals surface area (Å²) in [6, 6.07) is 4.22. The Balaban J connectivity index is 0.000000845. The van der Waals surface area contributed by atoms with Gasteiger partial charge >= 0.3 is 0 Å². The van der Waals surface area contributed by atoms with E-state index in [4.69, 9.17) is 11.6 Å². The summed E-state index contributed by atoms with van der Waals surface area (Å²) < 4.78 is 0. The Morgan fingerprint density at radius 2 is 2.00 bits per heavy atom. The molecule has 2 nitrogen and oxygen atoms in total. The molecular weight excluding hydrogens is 207 g/mol. The van der Waals surface area contributed by atoms with Crippen LogP contribution in [0.1, 0.15) is 18.4 Å². The molecule has 0 aliphatic heterocycles. The summed E-state index contributed by atoms with van der Waals surface area (Å²) in [5.74, 6) is 0. The molecule has 0 bridgehead atoms. The third-order valence-corrected chi connectivity index (χ3v) is 2.08. The number of hydrogen-bond donors (Lipinski definition) is 0. The van der Waals surface area contributed by atoms with E-state index in [2.05, 4.69) is 9.98 Å². The second-order valence-electron chi connectivity index (χ2n) is 2.89. The zero-order valence-electron chi connectivity index (χ0n) is 6.98. The fourth-order valence-electron chi connectivity index (χ4n) is 0.928. The Morgan fingerprint density at radius 1 is 1.38 bits per heavy atom. The number of rotatable bonds is 2. The number of aromatic nitrogens is 1. The molecule has 0 N–H and O–H groups in total. The Labute approximate surface area is 88.5 Å². The molecule has 2 rings (SSSR count). The van der Waals surface area contributed by atoms with Gasteiger partial charge in [0.05, 0.1) is 6.04 Å². The van der Waals surface area contributed by atoms with Crippen molar-refractivity contribution < 1.29 is 0 Å². The molecule has 1 aromatic rings. The third-order valence-electron chi connectivity index (χ3n) is 1.76. The highest BCUT2D eigenvalue weighted by atomic mass is 35.5. The molecule has 1 saturated carbocycles. The highest BCUT2D eigenvalue weighted by Crippen LogP contribution is 2.24. The van der Waals surface area contributed by atoms with Gasteiger partial charge in [-0.25, -0.2) is 0 Å². The first-order valence-corrected chi connectivity index (χ1v) is 4.38. The fraction of sp³-hybridized carbons (Fsp3) is 0.333.